The predicted octanol–water partition coefficient (Wildman–Crippen LogP) is 3.29. The number of rotatable bonds is 6. The van der Waals surface area contributed by atoms with Gasteiger partial charge in [-0.2, -0.15) is 34.8 Å². The summed E-state index contributed by atoms with van der Waals surface area (Å²) in [6.45, 7) is -0.899. The molecule has 0 aromatic carbocycles. The van der Waals surface area contributed by atoms with Gasteiger partial charge in [-0.25, -0.2) is 0 Å². The molecule has 0 spiro atoms. The second-order valence-electron chi connectivity index (χ2n) is 4.90. The van der Waals surface area contributed by atoms with Crippen molar-refractivity contribution in [3.63, 3.8) is 0 Å². The Morgan fingerprint density at radius 2 is 1.48 bits per heavy atom. The molecule has 11 heteroatoms. The van der Waals surface area contributed by atoms with E-state index in [0.29, 0.717) is 25.7 Å². The van der Waals surface area contributed by atoms with Crippen LogP contribution in [-0.4, -0.2) is 36.9 Å². The summed E-state index contributed by atoms with van der Waals surface area (Å²) in [5, 5.41) is -6.37. The zero-order chi connectivity index (χ0) is 16.5. The average molecular weight is 344 g/mol. The highest BCUT2D eigenvalue weighted by Gasteiger charge is 2.78. The normalized spacial score (nSPS) is 19.8. The molecule has 1 aliphatic rings. The van der Waals surface area contributed by atoms with Gasteiger partial charge in [0.2, 0.25) is 0 Å². The van der Waals surface area contributed by atoms with E-state index in [-0.39, 0.29) is 0 Å². The van der Waals surface area contributed by atoms with Gasteiger partial charge in [-0.1, -0.05) is 19.3 Å². The molecule has 0 saturated heterocycles. The molecule has 1 rings (SSSR count). The van der Waals surface area contributed by atoms with E-state index in [2.05, 4.69) is 4.74 Å². The summed E-state index contributed by atoms with van der Waals surface area (Å²) in [5.41, 5.74) is 0. The van der Waals surface area contributed by atoms with Gasteiger partial charge in [0.1, 0.15) is 0 Å². The van der Waals surface area contributed by atoms with Crippen molar-refractivity contribution in [2.24, 2.45) is 5.92 Å². The first-order valence-electron chi connectivity index (χ1n) is 6.07. The van der Waals surface area contributed by atoms with Crippen LogP contribution in [0.3, 0.4) is 0 Å². The highest BCUT2D eigenvalue weighted by Crippen LogP contribution is 2.48. The quantitative estimate of drug-likeness (QED) is 0.593. The fourth-order valence-electron chi connectivity index (χ4n) is 2.00. The minimum Gasteiger partial charge on any atom is -0.315 e. The van der Waals surface area contributed by atoms with Gasteiger partial charge < -0.3 is 4.74 Å². The van der Waals surface area contributed by atoms with E-state index in [1.165, 1.54) is 0 Å². The number of alkyl halides is 6. The molecule has 0 aromatic rings. The lowest BCUT2D eigenvalue weighted by molar-refractivity contribution is -0.385. The van der Waals surface area contributed by atoms with Crippen LogP contribution in [0.4, 0.5) is 26.3 Å². The molecule has 1 fully saturated rings. The molecule has 1 saturated carbocycles. The minimum absolute atomic E-state index is 0.427. The number of halogens is 6. The molecule has 126 valence electrons. The van der Waals surface area contributed by atoms with Gasteiger partial charge in [-0.3, -0.25) is 4.55 Å². The summed E-state index contributed by atoms with van der Waals surface area (Å²) in [7, 11) is -6.73. The number of hydrogen-bond acceptors (Lipinski definition) is 3. The second-order valence-corrected chi connectivity index (χ2v) is 6.36. The van der Waals surface area contributed by atoms with Gasteiger partial charge in [0.05, 0.1) is 6.61 Å². The van der Waals surface area contributed by atoms with Crippen LogP contribution in [0.1, 0.15) is 32.1 Å². The van der Waals surface area contributed by atoms with Crippen molar-refractivity contribution in [2.45, 2.75) is 49.4 Å². The van der Waals surface area contributed by atoms with Crippen molar-refractivity contribution in [2.75, 3.05) is 6.61 Å². The Morgan fingerprint density at radius 3 is 1.90 bits per heavy atom. The van der Waals surface area contributed by atoms with E-state index < -0.39 is 39.9 Å². The number of ether oxygens (including phenoxy) is 1. The third-order valence-electron chi connectivity index (χ3n) is 3.28. The molecule has 0 amide bonds. The Kier molecular flexibility index (Phi) is 5.21. The lowest BCUT2D eigenvalue weighted by Gasteiger charge is -2.31. The maximum atomic E-state index is 13.2. The molecule has 0 aliphatic heterocycles. The summed E-state index contributed by atoms with van der Waals surface area (Å²) in [4.78, 5) is 0. The van der Waals surface area contributed by atoms with Crippen LogP contribution in [0.25, 0.3) is 0 Å². The molecular weight excluding hydrogens is 330 g/mol. The first kappa shape index (κ1) is 18.5. The third-order valence-corrected chi connectivity index (χ3v) is 4.18. The molecule has 4 nitrogen and oxygen atoms in total. The molecular formula is C10H14F6O4S. The summed E-state index contributed by atoms with van der Waals surface area (Å²) in [6.07, 6.45) is -2.67. The smallest absolute Gasteiger partial charge is 0.315 e. The molecule has 1 aliphatic carbocycles. The van der Waals surface area contributed by atoms with E-state index in [9.17, 15) is 34.8 Å². The molecule has 0 radical (unpaired) electrons. The molecule has 0 bridgehead atoms. The predicted molar refractivity (Wildman–Crippen MR) is 58.9 cm³/mol. The van der Waals surface area contributed by atoms with Crippen molar-refractivity contribution in [3.8, 4) is 0 Å². The summed E-state index contributed by atoms with van der Waals surface area (Å²) in [6, 6.07) is 0. The molecule has 1 N–H and O–H groups in total. The van der Waals surface area contributed by atoms with Crippen LogP contribution in [0, 0.1) is 5.92 Å². The summed E-state index contributed by atoms with van der Waals surface area (Å²) >= 11 is 0. The van der Waals surface area contributed by atoms with Gasteiger partial charge in [-0.05, 0) is 18.8 Å². The third kappa shape index (κ3) is 3.62. The van der Waals surface area contributed by atoms with E-state index in [0.717, 1.165) is 6.42 Å². The summed E-state index contributed by atoms with van der Waals surface area (Å²) < 4.78 is 110. The van der Waals surface area contributed by atoms with Crippen molar-refractivity contribution in [1.29, 1.82) is 0 Å². The van der Waals surface area contributed by atoms with E-state index in [1.807, 2.05) is 0 Å². The molecule has 0 heterocycles. The van der Waals surface area contributed by atoms with Gasteiger partial charge in [-0.15, -0.1) is 0 Å². The van der Waals surface area contributed by atoms with Crippen molar-refractivity contribution in [3.05, 3.63) is 0 Å². The maximum absolute atomic E-state index is 13.2. The molecule has 21 heavy (non-hydrogen) atoms. The van der Waals surface area contributed by atoms with E-state index in [4.69, 9.17) is 4.55 Å². The number of hydrogen-bond donors (Lipinski definition) is 1. The lowest BCUT2D eigenvalue weighted by atomic mass is 9.90. The van der Waals surface area contributed by atoms with Crippen LogP contribution in [-0.2, 0) is 14.9 Å². The van der Waals surface area contributed by atoms with Gasteiger partial charge >= 0.3 is 27.4 Å². The fourth-order valence-corrected chi connectivity index (χ4v) is 2.44. The zero-order valence-corrected chi connectivity index (χ0v) is 11.5. The largest absolute Gasteiger partial charge is 0.440 e. The topological polar surface area (TPSA) is 63.6 Å². The first-order chi connectivity index (χ1) is 9.33. The van der Waals surface area contributed by atoms with Crippen LogP contribution in [0.2, 0.25) is 0 Å². The monoisotopic (exact) mass is 344 g/mol. The first-order valence-corrected chi connectivity index (χ1v) is 7.51. The van der Waals surface area contributed by atoms with Gasteiger partial charge in [0, 0.05) is 0 Å². The second kappa shape index (κ2) is 5.92. The van der Waals surface area contributed by atoms with Crippen LogP contribution in [0.5, 0.6) is 0 Å². The van der Waals surface area contributed by atoms with Crippen molar-refractivity contribution < 1.29 is 44.0 Å². The SMILES string of the molecule is O=S(=O)(O)C(F)(F)C(F)(F)C(F)(F)OCC1CCCCC1. The van der Waals surface area contributed by atoms with Crippen LogP contribution < -0.4 is 0 Å². The highest BCUT2D eigenvalue weighted by atomic mass is 32.2. The van der Waals surface area contributed by atoms with E-state index in [1.54, 1.807) is 0 Å². The Labute approximate surface area is 117 Å². The summed E-state index contributed by atoms with van der Waals surface area (Å²) in [5.74, 6) is -6.89. The Morgan fingerprint density at radius 1 is 1.00 bits per heavy atom. The Bertz CT molecular complexity index is 458. The maximum Gasteiger partial charge on any atom is 0.440 e. The molecule has 0 atom stereocenters. The molecule has 0 unspecified atom stereocenters. The fraction of sp³-hybridized carbons (Fsp3) is 1.00. The van der Waals surface area contributed by atoms with Crippen LogP contribution in [0.15, 0.2) is 0 Å². The minimum atomic E-state index is -6.73. The van der Waals surface area contributed by atoms with Crippen molar-refractivity contribution in [1.82, 2.24) is 0 Å². The van der Waals surface area contributed by atoms with E-state index >= 15 is 0 Å². The lowest BCUT2D eigenvalue weighted by Crippen LogP contribution is -2.58. The van der Waals surface area contributed by atoms with Crippen LogP contribution >= 0.6 is 0 Å². The van der Waals surface area contributed by atoms with Gasteiger partial charge in [0.25, 0.3) is 0 Å². The average Bonchev–Trinajstić information content (AvgIpc) is 2.36. The Hall–Kier alpha value is -0.550. The standard InChI is InChI=1S/C10H14F6O4S/c11-8(12,10(15,16)21(17,18)19)9(13,14)20-6-7-4-2-1-3-5-7/h7H,1-6H2,(H,17,18,19). The highest BCUT2D eigenvalue weighted by molar-refractivity contribution is 7.87. The molecule has 0 aromatic heterocycles. The van der Waals surface area contributed by atoms with Crippen molar-refractivity contribution >= 4 is 10.1 Å². The Balaban J connectivity index is 2.83. The zero-order valence-electron chi connectivity index (χ0n) is 10.7. The van der Waals surface area contributed by atoms with Gasteiger partial charge in [0.15, 0.2) is 0 Å².